The van der Waals surface area contributed by atoms with Gasteiger partial charge in [-0.3, -0.25) is 4.79 Å². The Hall–Kier alpha value is -2.38. The van der Waals surface area contributed by atoms with Crippen molar-refractivity contribution in [2.24, 2.45) is 11.3 Å². The number of carbonyl (C=O) groups is 1. The lowest BCUT2D eigenvalue weighted by molar-refractivity contribution is -0.128. The molecule has 6 nitrogen and oxygen atoms in total. The zero-order valence-electron chi connectivity index (χ0n) is 19.1. The fraction of sp³-hybridized carbons (Fsp3) is 0.500. The zero-order valence-corrected chi connectivity index (χ0v) is 19.9. The molecule has 5 rings (SSSR count). The van der Waals surface area contributed by atoms with Gasteiger partial charge in [-0.2, -0.15) is 0 Å². The number of nitrogens with zero attached hydrogens (tertiary/aromatic N) is 1. The van der Waals surface area contributed by atoms with E-state index in [0.717, 1.165) is 35.0 Å². The number of H-pyrrole nitrogens is 1. The van der Waals surface area contributed by atoms with Gasteiger partial charge in [-0.15, -0.1) is 0 Å². The number of piperidine rings is 1. The lowest BCUT2D eigenvalue weighted by Crippen LogP contribution is -2.46. The van der Waals surface area contributed by atoms with E-state index in [4.69, 9.17) is 0 Å². The average Bonchev–Trinajstić information content (AvgIpc) is 3.43. The first-order chi connectivity index (χ1) is 16.0. The summed E-state index contributed by atoms with van der Waals surface area (Å²) in [6.07, 6.45) is 15.6. The number of carbonyl (C=O) groups excluding carboxylic acids is 1. The number of hydrogen-bond acceptors (Lipinski definition) is 3. The van der Waals surface area contributed by atoms with Crippen molar-refractivity contribution in [2.75, 3.05) is 18.8 Å². The Labute approximate surface area is 196 Å². The topological polar surface area (TPSA) is 82.3 Å². The summed E-state index contributed by atoms with van der Waals surface area (Å²) in [7, 11) is -3.34. The highest BCUT2D eigenvalue weighted by molar-refractivity contribution is 7.89. The number of aromatic nitrogens is 1. The molecular formula is C26H33N3O3S. The van der Waals surface area contributed by atoms with E-state index in [1.807, 2.05) is 42.6 Å². The highest BCUT2D eigenvalue weighted by atomic mass is 32.2. The molecule has 1 saturated heterocycles. The van der Waals surface area contributed by atoms with Gasteiger partial charge in [0.1, 0.15) is 0 Å². The molecule has 3 aliphatic rings. The number of aromatic amines is 1. The fourth-order valence-corrected chi connectivity index (χ4v) is 7.07. The van der Waals surface area contributed by atoms with Crippen LogP contribution in [-0.2, 0) is 14.8 Å². The van der Waals surface area contributed by atoms with Crippen molar-refractivity contribution in [2.45, 2.75) is 51.4 Å². The lowest BCUT2D eigenvalue weighted by atomic mass is 9.78. The standard InChI is InChI=1S/C26H33N3O3S/c30-25-26(19-24(28-25)21-8-2-1-3-9-21)13-16-29(17-14-26)33(31,32)18-5-4-7-20-10-6-11-23-22(20)12-15-27-23/h4,6-7,10-12,15,19,21,27H,1-3,5,8-9,13-14,16-18H2,(H,28,30)/b7-4+. The number of nitrogens with one attached hydrogen (secondary N) is 2. The van der Waals surface area contributed by atoms with Crippen LogP contribution in [0.5, 0.6) is 0 Å². The Bertz CT molecular complexity index is 1180. The first-order valence-corrected chi connectivity index (χ1v) is 13.8. The molecule has 0 atom stereocenters. The minimum absolute atomic E-state index is 0.0713. The first kappa shape index (κ1) is 22.4. The second-order valence-corrected chi connectivity index (χ2v) is 11.8. The Kier molecular flexibility index (Phi) is 6.18. The predicted molar refractivity (Wildman–Crippen MR) is 132 cm³/mol. The molecule has 2 aliphatic heterocycles. The predicted octanol–water partition coefficient (Wildman–Crippen LogP) is 4.58. The van der Waals surface area contributed by atoms with Crippen LogP contribution in [-0.4, -0.2) is 42.5 Å². The SMILES string of the molecule is O=C1NC(C2CCCCC2)=CC12CCN(S(=O)(=O)CC/C=C/c1cccc3[nH]ccc13)CC2. The number of fused-ring (bicyclic) bond motifs is 1. The van der Waals surface area contributed by atoms with Gasteiger partial charge >= 0.3 is 0 Å². The monoisotopic (exact) mass is 467 g/mol. The molecule has 0 bridgehead atoms. The van der Waals surface area contributed by atoms with Crippen molar-refractivity contribution in [3.8, 4) is 0 Å². The third-order valence-corrected chi connectivity index (χ3v) is 9.57. The number of hydrogen-bond donors (Lipinski definition) is 2. The Balaban J connectivity index is 1.17. The lowest BCUT2D eigenvalue weighted by Gasteiger charge is -2.35. The highest BCUT2D eigenvalue weighted by Gasteiger charge is 2.46. The van der Waals surface area contributed by atoms with Crippen molar-refractivity contribution in [3.63, 3.8) is 0 Å². The number of allylic oxidation sites excluding steroid dienone is 2. The van der Waals surface area contributed by atoms with E-state index in [1.54, 1.807) is 4.31 Å². The molecule has 1 saturated carbocycles. The molecule has 0 radical (unpaired) electrons. The number of benzene rings is 1. The van der Waals surface area contributed by atoms with Crippen molar-refractivity contribution in [1.82, 2.24) is 14.6 Å². The van der Waals surface area contributed by atoms with E-state index in [9.17, 15) is 13.2 Å². The third kappa shape index (κ3) is 4.53. The van der Waals surface area contributed by atoms with Gasteiger partial charge in [0.05, 0.1) is 11.2 Å². The van der Waals surface area contributed by atoms with E-state index >= 15 is 0 Å². The van der Waals surface area contributed by atoms with Gasteiger partial charge in [0, 0.05) is 35.9 Å². The summed E-state index contributed by atoms with van der Waals surface area (Å²) in [4.78, 5) is 16.0. The summed E-state index contributed by atoms with van der Waals surface area (Å²) < 4.78 is 27.5. The molecule has 2 fully saturated rings. The number of sulfonamides is 1. The van der Waals surface area contributed by atoms with Crippen LogP contribution in [0.4, 0.5) is 0 Å². The summed E-state index contributed by atoms with van der Waals surface area (Å²) in [5.74, 6) is 0.629. The second kappa shape index (κ2) is 9.11. The third-order valence-electron chi connectivity index (χ3n) is 7.66. The molecule has 1 aromatic heterocycles. The summed E-state index contributed by atoms with van der Waals surface area (Å²) in [6.45, 7) is 0.827. The molecule has 1 amide bonds. The first-order valence-electron chi connectivity index (χ1n) is 12.2. The van der Waals surface area contributed by atoms with Crippen LogP contribution in [0.25, 0.3) is 17.0 Å². The molecule has 2 N–H and O–H groups in total. The van der Waals surface area contributed by atoms with Gasteiger partial charge < -0.3 is 10.3 Å². The molecule has 176 valence electrons. The normalized spacial score (nSPS) is 22.3. The Morgan fingerprint density at radius 3 is 2.67 bits per heavy atom. The summed E-state index contributed by atoms with van der Waals surface area (Å²) in [6, 6.07) is 8.08. The Morgan fingerprint density at radius 1 is 1.09 bits per heavy atom. The van der Waals surface area contributed by atoms with Crippen molar-refractivity contribution < 1.29 is 13.2 Å². The molecule has 33 heavy (non-hydrogen) atoms. The van der Waals surface area contributed by atoms with E-state index in [2.05, 4.69) is 16.4 Å². The fourth-order valence-electron chi connectivity index (χ4n) is 5.63. The van der Waals surface area contributed by atoms with Crippen molar-refractivity contribution in [1.29, 1.82) is 0 Å². The van der Waals surface area contributed by atoms with E-state index < -0.39 is 15.4 Å². The van der Waals surface area contributed by atoms with Gasteiger partial charge in [0.15, 0.2) is 0 Å². The van der Waals surface area contributed by atoms with Crippen LogP contribution in [0.3, 0.4) is 0 Å². The van der Waals surface area contributed by atoms with Crippen LogP contribution in [0, 0.1) is 11.3 Å². The smallest absolute Gasteiger partial charge is 0.234 e. The van der Waals surface area contributed by atoms with E-state index in [0.29, 0.717) is 38.3 Å². The minimum atomic E-state index is -3.34. The van der Waals surface area contributed by atoms with Gasteiger partial charge in [-0.05, 0) is 61.8 Å². The van der Waals surface area contributed by atoms with Crippen LogP contribution in [0.2, 0.25) is 0 Å². The van der Waals surface area contributed by atoms with E-state index in [-0.39, 0.29) is 11.7 Å². The van der Waals surface area contributed by atoms with Gasteiger partial charge in [0.25, 0.3) is 0 Å². The summed E-state index contributed by atoms with van der Waals surface area (Å²) in [5, 5.41) is 4.28. The summed E-state index contributed by atoms with van der Waals surface area (Å²) >= 11 is 0. The maximum Gasteiger partial charge on any atom is 0.234 e. The maximum absolute atomic E-state index is 12.9. The molecule has 3 heterocycles. The zero-order chi connectivity index (χ0) is 22.9. The second-order valence-electron chi connectivity index (χ2n) is 9.74. The maximum atomic E-state index is 12.9. The number of amides is 1. The largest absolute Gasteiger partial charge is 0.361 e. The molecular weight excluding hydrogens is 434 g/mol. The summed E-state index contributed by atoms with van der Waals surface area (Å²) in [5.41, 5.74) is 2.73. The molecule has 2 aromatic rings. The van der Waals surface area contributed by atoms with Gasteiger partial charge in [-0.25, -0.2) is 12.7 Å². The molecule has 1 aromatic carbocycles. The number of rotatable bonds is 6. The Morgan fingerprint density at radius 2 is 1.88 bits per heavy atom. The minimum Gasteiger partial charge on any atom is -0.361 e. The molecule has 1 aliphatic carbocycles. The van der Waals surface area contributed by atoms with Crippen LogP contribution >= 0.6 is 0 Å². The van der Waals surface area contributed by atoms with Gasteiger partial charge in [-0.1, -0.05) is 43.5 Å². The van der Waals surface area contributed by atoms with E-state index in [1.165, 1.54) is 19.3 Å². The van der Waals surface area contributed by atoms with Crippen LogP contribution in [0.15, 0.2) is 48.3 Å². The average molecular weight is 468 g/mol. The quantitative estimate of drug-likeness (QED) is 0.653. The molecule has 0 unspecified atom stereocenters. The molecule has 1 spiro atoms. The van der Waals surface area contributed by atoms with Crippen molar-refractivity contribution in [3.05, 3.63) is 53.9 Å². The van der Waals surface area contributed by atoms with Crippen LogP contribution in [0.1, 0.15) is 56.9 Å². The van der Waals surface area contributed by atoms with Crippen LogP contribution < -0.4 is 5.32 Å². The molecule has 7 heteroatoms. The van der Waals surface area contributed by atoms with Crippen molar-refractivity contribution >= 4 is 32.9 Å². The van der Waals surface area contributed by atoms with Gasteiger partial charge in [0.2, 0.25) is 15.9 Å². The highest BCUT2D eigenvalue weighted by Crippen LogP contribution is 2.42.